The van der Waals surface area contributed by atoms with E-state index in [1.807, 2.05) is 53.4 Å². The van der Waals surface area contributed by atoms with E-state index in [9.17, 15) is 9.59 Å². The third kappa shape index (κ3) is 6.93. The van der Waals surface area contributed by atoms with Gasteiger partial charge in [0.2, 0.25) is 11.8 Å². The molecule has 2 saturated heterocycles. The first-order valence-electron chi connectivity index (χ1n) is 12.4. The molecule has 2 aliphatic heterocycles. The van der Waals surface area contributed by atoms with Gasteiger partial charge in [0, 0.05) is 44.7 Å². The second kappa shape index (κ2) is 12.5. The number of carbonyl (C=O) groups is 2. The molecular weight excluding hydrogens is 442 g/mol. The highest BCUT2D eigenvalue weighted by molar-refractivity contribution is 5.92. The Hall–Kier alpha value is -3.16. The van der Waals surface area contributed by atoms with Crippen molar-refractivity contribution < 1.29 is 19.1 Å². The van der Waals surface area contributed by atoms with Crippen LogP contribution in [-0.2, 0) is 14.3 Å². The minimum absolute atomic E-state index is 0.000372. The van der Waals surface area contributed by atoms with E-state index in [2.05, 4.69) is 22.3 Å². The van der Waals surface area contributed by atoms with Gasteiger partial charge in [0.1, 0.15) is 5.75 Å². The maximum atomic E-state index is 13.0. The lowest BCUT2D eigenvalue weighted by Crippen LogP contribution is -2.46. The van der Waals surface area contributed by atoms with E-state index < -0.39 is 0 Å². The number of benzene rings is 2. The zero-order chi connectivity index (χ0) is 24.5. The molecule has 186 valence electrons. The van der Waals surface area contributed by atoms with Gasteiger partial charge in [-0.2, -0.15) is 0 Å². The van der Waals surface area contributed by atoms with Crippen molar-refractivity contribution in [3.8, 4) is 5.75 Å². The highest BCUT2D eigenvalue weighted by Crippen LogP contribution is 2.24. The summed E-state index contributed by atoms with van der Waals surface area (Å²) >= 11 is 0. The molecule has 0 saturated carbocycles. The van der Waals surface area contributed by atoms with E-state index >= 15 is 0 Å². The van der Waals surface area contributed by atoms with Crippen LogP contribution >= 0.6 is 0 Å². The monoisotopic (exact) mass is 477 g/mol. The quantitative estimate of drug-likeness (QED) is 0.592. The summed E-state index contributed by atoms with van der Waals surface area (Å²) in [5, 5.41) is 3.20. The number of likely N-dealkylation sites (tertiary alicyclic amines) is 1. The van der Waals surface area contributed by atoms with E-state index in [0.29, 0.717) is 45.7 Å². The molecule has 4 rings (SSSR count). The Bertz CT molecular complexity index is 979. The summed E-state index contributed by atoms with van der Waals surface area (Å²) < 4.78 is 10.8. The minimum atomic E-state index is -0.0710. The fourth-order valence-corrected chi connectivity index (χ4v) is 4.71. The molecule has 2 aliphatic rings. The van der Waals surface area contributed by atoms with Gasteiger partial charge in [0.15, 0.2) is 0 Å². The topological polar surface area (TPSA) is 71.1 Å². The predicted molar refractivity (Wildman–Crippen MR) is 136 cm³/mol. The number of piperidine rings is 1. The highest BCUT2D eigenvalue weighted by atomic mass is 16.5. The number of methoxy groups -OCH3 is 1. The second-order valence-electron chi connectivity index (χ2n) is 9.03. The van der Waals surface area contributed by atoms with Gasteiger partial charge in [0.25, 0.3) is 0 Å². The van der Waals surface area contributed by atoms with Gasteiger partial charge in [-0.3, -0.25) is 14.5 Å². The van der Waals surface area contributed by atoms with Crippen molar-refractivity contribution in [1.29, 1.82) is 0 Å². The molecule has 0 unspecified atom stereocenters. The molecule has 2 heterocycles. The number of hydrogen-bond donors (Lipinski definition) is 1. The van der Waals surface area contributed by atoms with Crippen LogP contribution in [0.15, 0.2) is 60.7 Å². The van der Waals surface area contributed by atoms with Crippen LogP contribution in [0, 0.1) is 5.92 Å². The predicted octanol–water partition coefficient (Wildman–Crippen LogP) is 3.14. The van der Waals surface area contributed by atoms with Gasteiger partial charge in [-0.15, -0.1) is 0 Å². The van der Waals surface area contributed by atoms with Crippen LogP contribution in [0.3, 0.4) is 0 Å². The van der Waals surface area contributed by atoms with Crippen LogP contribution < -0.4 is 10.1 Å². The van der Waals surface area contributed by atoms with Crippen LogP contribution in [0.5, 0.6) is 5.75 Å². The molecule has 2 aromatic rings. The maximum Gasteiger partial charge on any atom is 0.246 e. The Morgan fingerprint density at radius 3 is 2.37 bits per heavy atom. The molecule has 0 radical (unpaired) electrons. The molecule has 0 aromatic heterocycles. The molecule has 35 heavy (non-hydrogen) atoms. The Kier molecular flexibility index (Phi) is 8.92. The smallest absolute Gasteiger partial charge is 0.246 e. The average Bonchev–Trinajstić information content (AvgIpc) is 2.93. The lowest BCUT2D eigenvalue weighted by molar-refractivity contribution is -0.132. The number of morpholine rings is 1. The SMILES string of the molecule is COc1ccc([C@@H](CNC(=O)C2CCN(C(=O)/C=C/c3ccccc3)CC2)N2CCOCC2)cc1. The molecule has 0 bridgehead atoms. The first-order valence-corrected chi connectivity index (χ1v) is 12.4. The fraction of sp³-hybridized carbons (Fsp3) is 0.429. The number of nitrogens with one attached hydrogen (secondary N) is 1. The van der Waals surface area contributed by atoms with Crippen LogP contribution in [0.4, 0.5) is 0 Å². The summed E-state index contributed by atoms with van der Waals surface area (Å²) in [5.74, 6) is 0.820. The Morgan fingerprint density at radius 1 is 1.03 bits per heavy atom. The molecule has 1 atom stereocenters. The van der Waals surface area contributed by atoms with Gasteiger partial charge >= 0.3 is 0 Å². The molecule has 7 heteroatoms. The number of nitrogens with zero attached hydrogens (tertiary/aromatic N) is 2. The number of ether oxygens (including phenoxy) is 2. The van der Waals surface area contributed by atoms with Crippen LogP contribution in [0.1, 0.15) is 30.0 Å². The third-order valence-electron chi connectivity index (χ3n) is 6.85. The molecule has 1 N–H and O–H groups in total. The summed E-state index contributed by atoms with van der Waals surface area (Å²) in [6.45, 7) is 4.82. The molecule has 7 nitrogen and oxygen atoms in total. The van der Waals surface area contributed by atoms with Crippen molar-refractivity contribution in [2.24, 2.45) is 5.92 Å². The van der Waals surface area contributed by atoms with Crippen molar-refractivity contribution >= 4 is 17.9 Å². The summed E-state index contributed by atoms with van der Waals surface area (Å²) in [6, 6.07) is 17.9. The lowest BCUT2D eigenvalue weighted by atomic mass is 9.95. The van der Waals surface area contributed by atoms with Gasteiger partial charge < -0.3 is 19.7 Å². The molecular formula is C28H35N3O4. The number of carbonyl (C=O) groups excluding carboxylic acids is 2. The summed E-state index contributed by atoms with van der Waals surface area (Å²) in [6.07, 6.45) is 4.83. The van der Waals surface area contributed by atoms with Crippen molar-refractivity contribution in [1.82, 2.24) is 15.1 Å². The molecule has 2 aromatic carbocycles. The van der Waals surface area contributed by atoms with Gasteiger partial charge in [0.05, 0.1) is 26.4 Å². The summed E-state index contributed by atoms with van der Waals surface area (Å²) in [5.41, 5.74) is 2.15. The van der Waals surface area contributed by atoms with Gasteiger partial charge in [-0.05, 0) is 42.2 Å². The first-order chi connectivity index (χ1) is 17.1. The van der Waals surface area contributed by atoms with Crippen molar-refractivity contribution in [3.63, 3.8) is 0 Å². The molecule has 0 spiro atoms. The minimum Gasteiger partial charge on any atom is -0.497 e. The average molecular weight is 478 g/mol. The lowest BCUT2D eigenvalue weighted by Gasteiger charge is -2.36. The molecule has 2 amide bonds. The van der Waals surface area contributed by atoms with Crippen LogP contribution in [0.25, 0.3) is 6.08 Å². The Labute approximate surface area is 207 Å². The van der Waals surface area contributed by atoms with Crippen molar-refractivity contribution in [2.75, 3.05) is 53.0 Å². The Morgan fingerprint density at radius 2 is 1.71 bits per heavy atom. The zero-order valence-electron chi connectivity index (χ0n) is 20.4. The van der Waals surface area contributed by atoms with Crippen molar-refractivity contribution in [2.45, 2.75) is 18.9 Å². The van der Waals surface area contributed by atoms with E-state index in [4.69, 9.17) is 9.47 Å². The van der Waals surface area contributed by atoms with Gasteiger partial charge in [-0.1, -0.05) is 42.5 Å². The standard InChI is InChI=1S/C28H35N3O4/c1-34-25-10-8-23(9-11-25)26(30-17-19-35-20-18-30)21-29-28(33)24-13-15-31(16-14-24)27(32)12-7-22-5-3-2-4-6-22/h2-12,24,26H,13-21H2,1H3,(H,29,33)/b12-7+/t26-/m1/s1. The van der Waals surface area contributed by atoms with Crippen molar-refractivity contribution in [3.05, 3.63) is 71.8 Å². The van der Waals surface area contributed by atoms with E-state index in [1.54, 1.807) is 13.2 Å². The summed E-state index contributed by atoms with van der Waals surface area (Å²) in [7, 11) is 1.66. The third-order valence-corrected chi connectivity index (χ3v) is 6.85. The van der Waals surface area contributed by atoms with Crippen LogP contribution in [0.2, 0.25) is 0 Å². The number of amides is 2. The number of rotatable bonds is 8. The zero-order valence-corrected chi connectivity index (χ0v) is 20.4. The second-order valence-corrected chi connectivity index (χ2v) is 9.03. The van der Waals surface area contributed by atoms with E-state index in [0.717, 1.165) is 30.0 Å². The largest absolute Gasteiger partial charge is 0.497 e. The maximum absolute atomic E-state index is 13.0. The normalized spacial score (nSPS) is 18.4. The molecule has 2 fully saturated rings. The summed E-state index contributed by atoms with van der Waals surface area (Å²) in [4.78, 5) is 29.8. The van der Waals surface area contributed by atoms with E-state index in [1.165, 1.54) is 0 Å². The Balaban J connectivity index is 1.29. The fourth-order valence-electron chi connectivity index (χ4n) is 4.71. The highest BCUT2D eigenvalue weighted by Gasteiger charge is 2.28. The van der Waals surface area contributed by atoms with Crippen LogP contribution in [-0.4, -0.2) is 74.7 Å². The van der Waals surface area contributed by atoms with E-state index in [-0.39, 0.29) is 23.8 Å². The van der Waals surface area contributed by atoms with Gasteiger partial charge in [-0.25, -0.2) is 0 Å². The number of hydrogen-bond acceptors (Lipinski definition) is 5. The first kappa shape index (κ1) is 24.9. The molecule has 0 aliphatic carbocycles.